The van der Waals surface area contributed by atoms with E-state index in [9.17, 15) is 4.79 Å². The number of Topliss-reactive ketones (excluding diaryl/α,β-unsaturated/α-hetero) is 1. The summed E-state index contributed by atoms with van der Waals surface area (Å²) in [5.74, 6) is 0.145. The zero-order chi connectivity index (χ0) is 6.97. The van der Waals surface area contributed by atoms with E-state index in [4.69, 9.17) is 0 Å². The van der Waals surface area contributed by atoms with Crippen LogP contribution in [0.2, 0.25) is 0 Å². The van der Waals surface area contributed by atoms with Gasteiger partial charge in [-0.1, -0.05) is 12.1 Å². The van der Waals surface area contributed by atoms with Gasteiger partial charge in [0.1, 0.15) is 0 Å². The lowest BCUT2D eigenvalue weighted by atomic mass is 10.1. The molecule has 0 aromatic heterocycles. The quantitative estimate of drug-likeness (QED) is 0.519. The Bertz CT molecular complexity index is 276. The summed E-state index contributed by atoms with van der Waals surface area (Å²) >= 11 is 0. The van der Waals surface area contributed by atoms with Crippen LogP contribution in [0.15, 0.2) is 18.2 Å². The van der Waals surface area contributed by atoms with E-state index in [2.05, 4.69) is 6.07 Å². The summed E-state index contributed by atoms with van der Waals surface area (Å²) in [5, 5.41) is 0. The number of hydrogen-bond donors (Lipinski definition) is 0. The van der Waals surface area contributed by atoms with Gasteiger partial charge >= 0.3 is 0 Å². The number of benzene rings is 1. The van der Waals surface area contributed by atoms with Crippen LogP contribution in [-0.2, 0) is 6.42 Å². The fraction of sp³-hybridized carbons (Fsp3) is 0.111. The highest BCUT2D eigenvalue weighted by molar-refractivity contribution is 6.06. The minimum absolute atomic E-state index is 0.145. The molecule has 2 radical (unpaired) electrons. The molecule has 0 heterocycles. The van der Waals surface area contributed by atoms with Gasteiger partial charge in [-0.25, -0.2) is 0 Å². The van der Waals surface area contributed by atoms with E-state index in [1.807, 2.05) is 12.1 Å². The van der Waals surface area contributed by atoms with Crippen molar-refractivity contribution in [3.8, 4) is 0 Å². The molecule has 0 saturated heterocycles. The summed E-state index contributed by atoms with van der Waals surface area (Å²) in [7, 11) is 0. The number of hydrogen-bond acceptors (Lipinski definition) is 1. The lowest BCUT2D eigenvalue weighted by Gasteiger charge is -1.91. The van der Waals surface area contributed by atoms with Crippen molar-refractivity contribution in [3.05, 3.63) is 41.8 Å². The van der Waals surface area contributed by atoms with Crippen LogP contribution in [0.25, 0.3) is 0 Å². The molecule has 1 heteroatoms. The van der Waals surface area contributed by atoms with Crippen LogP contribution < -0.4 is 0 Å². The van der Waals surface area contributed by atoms with Crippen molar-refractivity contribution in [1.82, 2.24) is 0 Å². The zero-order valence-electron chi connectivity index (χ0n) is 5.42. The summed E-state index contributed by atoms with van der Waals surface area (Å²) in [6, 6.07) is 8.41. The van der Waals surface area contributed by atoms with Crippen LogP contribution in [0.5, 0.6) is 0 Å². The molecule has 48 valence electrons. The monoisotopic (exact) mass is 130 g/mol. The van der Waals surface area contributed by atoms with Crippen LogP contribution in [0.3, 0.4) is 0 Å². The summed E-state index contributed by atoms with van der Waals surface area (Å²) in [6.45, 7) is 0. The van der Waals surface area contributed by atoms with Crippen molar-refractivity contribution in [1.29, 1.82) is 0 Å². The smallest absolute Gasteiger partial charge is 0.167 e. The van der Waals surface area contributed by atoms with E-state index in [0.717, 1.165) is 17.5 Å². The second-order valence-electron chi connectivity index (χ2n) is 2.36. The van der Waals surface area contributed by atoms with Gasteiger partial charge in [0, 0.05) is 12.0 Å². The van der Waals surface area contributed by atoms with Crippen LogP contribution in [0.1, 0.15) is 15.9 Å². The minimum Gasteiger partial charge on any atom is -0.294 e. The predicted octanol–water partition coefficient (Wildman–Crippen LogP) is 1.43. The largest absolute Gasteiger partial charge is 0.294 e. The maximum atomic E-state index is 11.0. The highest BCUT2D eigenvalue weighted by Crippen LogP contribution is 2.19. The minimum atomic E-state index is 0.145. The summed E-state index contributed by atoms with van der Waals surface area (Å²) in [4.78, 5) is 11.0. The second-order valence-corrected chi connectivity index (χ2v) is 2.36. The Morgan fingerprint density at radius 3 is 3.20 bits per heavy atom. The number of rotatable bonds is 0. The normalized spacial score (nSPS) is 15.4. The average Bonchev–Trinajstić information content (AvgIpc) is 2.34. The fourth-order valence-corrected chi connectivity index (χ4v) is 1.18. The Balaban J connectivity index is 2.61. The molecule has 0 atom stereocenters. The lowest BCUT2D eigenvalue weighted by molar-refractivity contribution is 0.103. The molecule has 0 amide bonds. The van der Waals surface area contributed by atoms with Crippen molar-refractivity contribution in [3.63, 3.8) is 0 Å². The van der Waals surface area contributed by atoms with E-state index in [-0.39, 0.29) is 5.78 Å². The molecule has 0 bridgehead atoms. The van der Waals surface area contributed by atoms with Crippen LogP contribution >= 0.6 is 0 Å². The van der Waals surface area contributed by atoms with E-state index >= 15 is 0 Å². The number of carbonyl (C=O) groups is 1. The standard InChI is InChI=1S/C9H6O/c10-9-6-5-7-3-1-2-4-8(7)9/h1,3-4,6H,5H2. The van der Waals surface area contributed by atoms with Crippen LogP contribution in [0, 0.1) is 12.5 Å². The van der Waals surface area contributed by atoms with Crippen molar-refractivity contribution in [2.75, 3.05) is 0 Å². The molecule has 10 heavy (non-hydrogen) atoms. The molecule has 0 fully saturated rings. The molecule has 0 spiro atoms. The maximum absolute atomic E-state index is 11.0. The Labute approximate surface area is 59.7 Å². The molecular weight excluding hydrogens is 124 g/mol. The topological polar surface area (TPSA) is 17.1 Å². The molecule has 0 unspecified atom stereocenters. The highest BCUT2D eigenvalue weighted by Gasteiger charge is 2.17. The van der Waals surface area contributed by atoms with E-state index in [1.165, 1.54) is 0 Å². The molecule has 1 aromatic carbocycles. The first-order valence-corrected chi connectivity index (χ1v) is 3.24. The van der Waals surface area contributed by atoms with Crippen molar-refractivity contribution >= 4 is 5.78 Å². The third-order valence-corrected chi connectivity index (χ3v) is 1.73. The van der Waals surface area contributed by atoms with Gasteiger partial charge in [0.05, 0.1) is 0 Å². The molecular formula is C9H6O. The maximum Gasteiger partial charge on any atom is 0.167 e. The number of carbonyl (C=O) groups excluding carboxylic acids is 1. The van der Waals surface area contributed by atoms with Crippen LogP contribution in [-0.4, -0.2) is 5.78 Å². The van der Waals surface area contributed by atoms with Crippen molar-refractivity contribution in [2.24, 2.45) is 0 Å². The van der Waals surface area contributed by atoms with E-state index < -0.39 is 0 Å². The van der Waals surface area contributed by atoms with Gasteiger partial charge in [-0.3, -0.25) is 4.79 Å². The predicted molar refractivity (Wildman–Crippen MR) is 37.6 cm³/mol. The van der Waals surface area contributed by atoms with Crippen molar-refractivity contribution < 1.29 is 4.79 Å². The molecule has 1 aliphatic rings. The SMILES string of the molecule is O=C1[CH]Cc2cc[c]cc21. The first-order valence-electron chi connectivity index (χ1n) is 3.24. The Morgan fingerprint density at radius 1 is 1.50 bits per heavy atom. The Hall–Kier alpha value is -1.11. The average molecular weight is 130 g/mol. The van der Waals surface area contributed by atoms with Gasteiger partial charge in [-0.15, -0.1) is 0 Å². The zero-order valence-corrected chi connectivity index (χ0v) is 5.42. The third kappa shape index (κ3) is 0.670. The molecule has 0 saturated carbocycles. The highest BCUT2D eigenvalue weighted by atomic mass is 16.1. The van der Waals surface area contributed by atoms with Gasteiger partial charge < -0.3 is 0 Å². The lowest BCUT2D eigenvalue weighted by Crippen LogP contribution is -1.89. The van der Waals surface area contributed by atoms with E-state index in [0.29, 0.717) is 0 Å². The number of ketones is 1. The van der Waals surface area contributed by atoms with Gasteiger partial charge in [0.15, 0.2) is 5.78 Å². The summed E-state index contributed by atoms with van der Waals surface area (Å²) in [6.07, 6.45) is 2.50. The first kappa shape index (κ1) is 5.66. The summed E-state index contributed by atoms with van der Waals surface area (Å²) < 4.78 is 0. The van der Waals surface area contributed by atoms with Gasteiger partial charge in [-0.2, -0.15) is 0 Å². The molecule has 0 aliphatic heterocycles. The summed E-state index contributed by atoms with van der Waals surface area (Å²) in [5.41, 5.74) is 1.95. The molecule has 2 rings (SSSR count). The third-order valence-electron chi connectivity index (χ3n) is 1.73. The first-order chi connectivity index (χ1) is 4.88. The van der Waals surface area contributed by atoms with Gasteiger partial charge in [0.2, 0.25) is 0 Å². The second kappa shape index (κ2) is 1.94. The van der Waals surface area contributed by atoms with Crippen molar-refractivity contribution in [2.45, 2.75) is 6.42 Å². The Morgan fingerprint density at radius 2 is 2.40 bits per heavy atom. The number of fused-ring (bicyclic) bond motifs is 1. The molecule has 1 aliphatic carbocycles. The molecule has 1 aromatic rings. The van der Waals surface area contributed by atoms with Crippen LogP contribution in [0.4, 0.5) is 0 Å². The molecule has 1 nitrogen and oxygen atoms in total. The van der Waals surface area contributed by atoms with Gasteiger partial charge in [0.25, 0.3) is 0 Å². The van der Waals surface area contributed by atoms with E-state index in [1.54, 1.807) is 12.5 Å². The Kier molecular flexibility index (Phi) is 1.10. The van der Waals surface area contributed by atoms with Gasteiger partial charge in [-0.05, 0) is 24.1 Å². The fourth-order valence-electron chi connectivity index (χ4n) is 1.18. The molecule has 0 N–H and O–H groups in total.